The number of amides is 1. The average Bonchev–Trinajstić information content (AvgIpc) is 2.87. The number of carbonyl (C=O) groups excluding carboxylic acids is 1. The summed E-state index contributed by atoms with van der Waals surface area (Å²) < 4.78 is 38.5. The van der Waals surface area contributed by atoms with Gasteiger partial charge in [0.1, 0.15) is 12.4 Å². The number of carbonyl (C=O) groups is 1. The van der Waals surface area contributed by atoms with Crippen molar-refractivity contribution in [2.24, 2.45) is 5.92 Å². The zero-order valence-electron chi connectivity index (χ0n) is 14.0. The molecule has 0 bridgehead atoms. The summed E-state index contributed by atoms with van der Waals surface area (Å²) in [5.74, 6) is -0.105. The predicted octanol–water partition coefficient (Wildman–Crippen LogP) is 0.532. The van der Waals surface area contributed by atoms with Crippen LogP contribution in [0.2, 0.25) is 0 Å². The first-order chi connectivity index (χ1) is 12.4. The zero-order valence-corrected chi connectivity index (χ0v) is 14.0. The number of hydrogen-bond donors (Lipinski definition) is 2. The Morgan fingerprint density at radius 1 is 1.31 bits per heavy atom. The summed E-state index contributed by atoms with van der Waals surface area (Å²) in [6.07, 6.45) is -1.10. The molecule has 0 spiro atoms. The highest BCUT2D eigenvalue weighted by Gasteiger charge is 2.37. The molecule has 2 aliphatic heterocycles. The van der Waals surface area contributed by atoms with Crippen LogP contribution in [0.4, 0.5) is 19.0 Å². The monoisotopic (exact) mass is 368 g/mol. The lowest BCUT2D eigenvalue weighted by atomic mass is 9.97. The van der Waals surface area contributed by atoms with E-state index in [1.807, 2.05) is 16.3 Å². The summed E-state index contributed by atoms with van der Waals surface area (Å²) in [6, 6.07) is 1.83. The van der Waals surface area contributed by atoms with E-state index in [0.29, 0.717) is 13.1 Å². The predicted molar refractivity (Wildman–Crippen MR) is 88.0 cm³/mol. The Balaban J connectivity index is 1.54. The summed E-state index contributed by atoms with van der Waals surface area (Å²) in [6.45, 7) is 1.15. The SMILES string of the molecule is O=C(NCC(F)(F)F)C1CN(c2c3c(nc4ccnn24)CCNCC3)C1. The van der Waals surface area contributed by atoms with E-state index in [0.717, 1.165) is 48.7 Å². The summed E-state index contributed by atoms with van der Waals surface area (Å²) in [7, 11) is 0. The largest absolute Gasteiger partial charge is 0.405 e. The second kappa shape index (κ2) is 6.42. The smallest absolute Gasteiger partial charge is 0.354 e. The second-order valence-electron chi connectivity index (χ2n) is 6.65. The van der Waals surface area contributed by atoms with E-state index in [9.17, 15) is 18.0 Å². The summed E-state index contributed by atoms with van der Waals surface area (Å²) in [4.78, 5) is 18.6. The van der Waals surface area contributed by atoms with E-state index in [1.54, 1.807) is 10.7 Å². The molecule has 1 fully saturated rings. The molecule has 0 atom stereocenters. The van der Waals surface area contributed by atoms with Crippen molar-refractivity contribution in [3.63, 3.8) is 0 Å². The third-order valence-electron chi connectivity index (χ3n) is 4.80. The quantitative estimate of drug-likeness (QED) is 0.827. The number of hydrogen-bond acceptors (Lipinski definition) is 5. The number of alkyl halides is 3. The van der Waals surface area contributed by atoms with Gasteiger partial charge in [-0.2, -0.15) is 22.8 Å². The molecule has 4 rings (SSSR count). The Morgan fingerprint density at radius 2 is 2.08 bits per heavy atom. The van der Waals surface area contributed by atoms with Crippen LogP contribution in [-0.4, -0.2) is 59.4 Å². The normalized spacial score (nSPS) is 18.3. The maximum Gasteiger partial charge on any atom is 0.405 e. The first kappa shape index (κ1) is 17.1. The molecular formula is C16H19F3N6O. The third kappa shape index (κ3) is 3.20. The van der Waals surface area contributed by atoms with Crippen molar-refractivity contribution in [3.05, 3.63) is 23.5 Å². The Bertz CT molecular complexity index is 827. The lowest BCUT2D eigenvalue weighted by Crippen LogP contribution is -2.55. The maximum atomic E-state index is 12.3. The highest BCUT2D eigenvalue weighted by Crippen LogP contribution is 2.31. The highest BCUT2D eigenvalue weighted by atomic mass is 19.4. The van der Waals surface area contributed by atoms with Crippen LogP contribution in [0.3, 0.4) is 0 Å². The van der Waals surface area contributed by atoms with Crippen molar-refractivity contribution >= 4 is 17.4 Å². The minimum atomic E-state index is -4.39. The van der Waals surface area contributed by atoms with Crippen LogP contribution in [0.25, 0.3) is 5.65 Å². The maximum absolute atomic E-state index is 12.3. The van der Waals surface area contributed by atoms with Gasteiger partial charge >= 0.3 is 6.18 Å². The van der Waals surface area contributed by atoms with Gasteiger partial charge in [-0.3, -0.25) is 4.79 Å². The fraction of sp³-hybridized carbons (Fsp3) is 0.562. The van der Waals surface area contributed by atoms with Crippen LogP contribution in [0.15, 0.2) is 12.3 Å². The van der Waals surface area contributed by atoms with Gasteiger partial charge in [-0.1, -0.05) is 0 Å². The molecule has 10 heteroatoms. The number of halogens is 3. The Morgan fingerprint density at radius 3 is 2.85 bits per heavy atom. The molecule has 26 heavy (non-hydrogen) atoms. The van der Waals surface area contributed by atoms with E-state index < -0.39 is 24.5 Å². The van der Waals surface area contributed by atoms with Gasteiger partial charge in [0, 0.05) is 37.7 Å². The van der Waals surface area contributed by atoms with Crippen LogP contribution >= 0.6 is 0 Å². The average molecular weight is 368 g/mol. The van der Waals surface area contributed by atoms with Crippen LogP contribution in [0.1, 0.15) is 11.3 Å². The number of rotatable bonds is 3. The fourth-order valence-corrected chi connectivity index (χ4v) is 3.49. The second-order valence-corrected chi connectivity index (χ2v) is 6.65. The van der Waals surface area contributed by atoms with Crippen molar-refractivity contribution in [2.75, 3.05) is 37.6 Å². The third-order valence-corrected chi connectivity index (χ3v) is 4.80. The van der Waals surface area contributed by atoms with Gasteiger partial charge in [-0.05, 0) is 13.0 Å². The van der Waals surface area contributed by atoms with Gasteiger partial charge in [0.05, 0.1) is 17.8 Å². The van der Waals surface area contributed by atoms with Gasteiger partial charge in [0.15, 0.2) is 5.65 Å². The Kier molecular flexibility index (Phi) is 4.22. The summed E-state index contributed by atoms with van der Waals surface area (Å²) in [5.41, 5.74) is 2.86. The molecule has 2 N–H and O–H groups in total. The van der Waals surface area contributed by atoms with Crippen molar-refractivity contribution < 1.29 is 18.0 Å². The lowest BCUT2D eigenvalue weighted by molar-refractivity contribution is -0.141. The van der Waals surface area contributed by atoms with Crippen LogP contribution in [0, 0.1) is 5.92 Å². The van der Waals surface area contributed by atoms with Gasteiger partial charge in [-0.15, -0.1) is 0 Å². The molecular weight excluding hydrogens is 349 g/mol. The van der Waals surface area contributed by atoms with Crippen molar-refractivity contribution in [2.45, 2.75) is 19.0 Å². The molecule has 0 radical (unpaired) electrons. The molecule has 0 saturated carbocycles. The van der Waals surface area contributed by atoms with Gasteiger partial charge in [0.2, 0.25) is 5.91 Å². The zero-order chi connectivity index (χ0) is 18.3. The van der Waals surface area contributed by atoms with E-state index in [1.165, 1.54) is 0 Å². The number of fused-ring (bicyclic) bond motifs is 2. The minimum absolute atomic E-state index is 0.378. The van der Waals surface area contributed by atoms with Crippen LogP contribution in [-0.2, 0) is 17.6 Å². The van der Waals surface area contributed by atoms with Crippen molar-refractivity contribution in [1.82, 2.24) is 25.2 Å². The summed E-state index contributed by atoms with van der Waals surface area (Å²) >= 11 is 0. The highest BCUT2D eigenvalue weighted by molar-refractivity contribution is 5.82. The van der Waals surface area contributed by atoms with E-state index in [4.69, 9.17) is 0 Å². The minimum Gasteiger partial charge on any atom is -0.354 e. The van der Waals surface area contributed by atoms with Crippen LogP contribution in [0.5, 0.6) is 0 Å². The molecule has 0 aliphatic carbocycles. The number of aromatic nitrogens is 3. The molecule has 2 aromatic heterocycles. The molecule has 7 nitrogen and oxygen atoms in total. The number of anilines is 1. The first-order valence-corrected chi connectivity index (χ1v) is 8.58. The summed E-state index contributed by atoms with van der Waals surface area (Å²) in [5, 5.41) is 9.65. The van der Waals surface area contributed by atoms with E-state index in [-0.39, 0.29) is 0 Å². The Hall–Kier alpha value is -2.36. The topological polar surface area (TPSA) is 74.6 Å². The van der Waals surface area contributed by atoms with Gasteiger partial charge in [-0.25, -0.2) is 4.98 Å². The fourth-order valence-electron chi connectivity index (χ4n) is 3.49. The Labute approximate surface area is 147 Å². The van der Waals surface area contributed by atoms with Gasteiger partial charge in [0.25, 0.3) is 0 Å². The molecule has 4 heterocycles. The molecule has 1 saturated heterocycles. The molecule has 140 valence electrons. The van der Waals surface area contributed by atoms with E-state index >= 15 is 0 Å². The molecule has 1 amide bonds. The van der Waals surface area contributed by atoms with Crippen molar-refractivity contribution in [3.8, 4) is 0 Å². The molecule has 2 aromatic rings. The lowest BCUT2D eigenvalue weighted by Gasteiger charge is -2.41. The molecule has 2 aliphatic rings. The van der Waals surface area contributed by atoms with Crippen LogP contribution < -0.4 is 15.5 Å². The van der Waals surface area contributed by atoms with Crippen molar-refractivity contribution in [1.29, 1.82) is 0 Å². The molecule has 0 unspecified atom stereocenters. The first-order valence-electron chi connectivity index (χ1n) is 8.58. The number of nitrogens with one attached hydrogen (secondary N) is 2. The van der Waals surface area contributed by atoms with Gasteiger partial charge < -0.3 is 15.5 Å². The number of nitrogens with zero attached hydrogens (tertiary/aromatic N) is 4. The standard InChI is InChI=1S/C16H19F3N6O/c17-16(18,19)9-21-14(26)10-7-24(8-10)15-11-1-4-20-5-2-12(11)23-13-3-6-22-25(13)15/h3,6,10,20H,1-2,4-5,7-9H2,(H,21,26). The van der Waals surface area contributed by atoms with E-state index in [2.05, 4.69) is 15.4 Å². The molecule has 0 aromatic carbocycles.